The predicted molar refractivity (Wildman–Crippen MR) is 135 cm³/mol. The highest BCUT2D eigenvalue weighted by atomic mass is 31.2. The number of hydrogen-bond donors (Lipinski definition) is 0. The Morgan fingerprint density at radius 1 is 0.767 bits per heavy atom. The van der Waals surface area contributed by atoms with Gasteiger partial charge in [0.05, 0.1) is 6.61 Å². The summed E-state index contributed by atoms with van der Waals surface area (Å²) in [6, 6.07) is 32.3. The molecule has 0 bridgehead atoms. The topological polar surface area (TPSA) is 9.23 Å². The SMILES string of the molecule is C=C(C)CCC=C(C)COC=P(c1ccccc1)(c1ccccc1)c1ccccc1. The van der Waals surface area contributed by atoms with Crippen LogP contribution in [0.4, 0.5) is 0 Å². The van der Waals surface area contributed by atoms with E-state index in [4.69, 9.17) is 4.74 Å². The van der Waals surface area contributed by atoms with Crippen LogP contribution >= 0.6 is 6.89 Å². The minimum atomic E-state index is -2.04. The maximum absolute atomic E-state index is 6.32. The maximum Gasteiger partial charge on any atom is 0.0733 e. The summed E-state index contributed by atoms with van der Waals surface area (Å²) in [4.78, 5) is 0. The van der Waals surface area contributed by atoms with Crippen LogP contribution < -0.4 is 15.9 Å². The van der Waals surface area contributed by atoms with Crippen LogP contribution in [0.25, 0.3) is 0 Å². The summed E-state index contributed by atoms with van der Waals surface area (Å²) in [6.07, 6.45) is 4.30. The molecule has 1 nitrogen and oxygen atoms in total. The minimum Gasteiger partial charge on any atom is -0.348 e. The molecule has 0 aromatic heterocycles. The van der Waals surface area contributed by atoms with E-state index in [1.165, 1.54) is 27.1 Å². The van der Waals surface area contributed by atoms with Crippen LogP contribution in [0.2, 0.25) is 0 Å². The maximum atomic E-state index is 6.32. The summed E-state index contributed by atoms with van der Waals surface area (Å²) in [6.45, 7) is 6.76. The van der Waals surface area contributed by atoms with Crippen molar-refractivity contribution in [3.8, 4) is 0 Å². The second-order valence-corrected chi connectivity index (χ2v) is 10.9. The summed E-state index contributed by atoms with van der Waals surface area (Å²) in [5.41, 5.74) is 2.47. The van der Waals surface area contributed by atoms with Crippen LogP contribution in [0.1, 0.15) is 26.7 Å². The van der Waals surface area contributed by atoms with E-state index in [0.717, 1.165) is 12.8 Å². The highest BCUT2D eigenvalue weighted by Crippen LogP contribution is 2.43. The lowest BCUT2D eigenvalue weighted by Crippen LogP contribution is -2.27. The molecule has 3 rings (SSSR count). The smallest absolute Gasteiger partial charge is 0.0733 e. The van der Waals surface area contributed by atoms with Gasteiger partial charge in [-0.3, -0.25) is 0 Å². The van der Waals surface area contributed by atoms with E-state index in [9.17, 15) is 0 Å². The molecule has 0 radical (unpaired) electrons. The molecule has 0 aliphatic rings. The van der Waals surface area contributed by atoms with Crippen molar-refractivity contribution < 1.29 is 4.74 Å². The third-order valence-electron chi connectivity index (χ3n) is 5.10. The van der Waals surface area contributed by atoms with Crippen molar-refractivity contribution in [3.63, 3.8) is 0 Å². The Labute approximate surface area is 181 Å². The third-order valence-corrected chi connectivity index (χ3v) is 8.90. The lowest BCUT2D eigenvalue weighted by molar-refractivity contribution is 0.363. The summed E-state index contributed by atoms with van der Waals surface area (Å²) < 4.78 is 6.32. The van der Waals surface area contributed by atoms with Crippen molar-refractivity contribution in [1.29, 1.82) is 0 Å². The van der Waals surface area contributed by atoms with Crippen molar-refractivity contribution in [1.82, 2.24) is 0 Å². The Bertz CT molecular complexity index is 915. The number of hydrogen-bond acceptors (Lipinski definition) is 1. The van der Waals surface area contributed by atoms with Crippen LogP contribution in [-0.4, -0.2) is 12.6 Å². The average molecular weight is 415 g/mol. The van der Waals surface area contributed by atoms with Gasteiger partial charge in [-0.1, -0.05) is 108 Å². The van der Waals surface area contributed by atoms with Gasteiger partial charge in [0.2, 0.25) is 0 Å². The lowest BCUT2D eigenvalue weighted by Gasteiger charge is -2.28. The van der Waals surface area contributed by atoms with E-state index in [1.807, 2.05) is 0 Å². The van der Waals surface area contributed by atoms with E-state index in [0.29, 0.717) is 6.61 Å². The Balaban J connectivity index is 2.05. The molecule has 3 aromatic rings. The highest BCUT2D eigenvalue weighted by molar-refractivity contribution is 7.94. The standard InChI is InChI=1S/C28H31OP/c1-24(2)14-13-15-25(3)22-29-23-30(26-16-7-4-8-17-26,27-18-9-5-10-19-27)28-20-11-6-12-21-28/h4-12,15-21,23H,1,13-14,22H2,2-3H3. The molecule has 0 atom stereocenters. The fourth-order valence-electron chi connectivity index (χ4n) is 3.52. The molecule has 30 heavy (non-hydrogen) atoms. The fraction of sp³-hybridized carbons (Fsp3) is 0.179. The van der Waals surface area contributed by atoms with E-state index >= 15 is 0 Å². The van der Waals surface area contributed by atoms with Crippen LogP contribution in [-0.2, 0) is 4.74 Å². The molecule has 0 amide bonds. The van der Waals surface area contributed by atoms with Gasteiger partial charge in [0.15, 0.2) is 0 Å². The van der Waals surface area contributed by atoms with Crippen molar-refractivity contribution in [2.75, 3.05) is 6.61 Å². The molecule has 0 aliphatic heterocycles. The Morgan fingerprint density at radius 3 is 1.60 bits per heavy atom. The van der Waals surface area contributed by atoms with Gasteiger partial charge in [-0.25, -0.2) is 0 Å². The molecule has 0 N–H and O–H groups in total. The van der Waals surface area contributed by atoms with E-state index in [-0.39, 0.29) is 0 Å². The van der Waals surface area contributed by atoms with Gasteiger partial charge in [0.1, 0.15) is 0 Å². The van der Waals surface area contributed by atoms with Gasteiger partial charge in [0.25, 0.3) is 0 Å². The predicted octanol–water partition coefficient (Wildman–Crippen LogP) is 6.06. The molecule has 0 unspecified atom stereocenters. The Kier molecular flexibility index (Phi) is 8.08. The van der Waals surface area contributed by atoms with E-state index in [2.05, 4.69) is 123 Å². The van der Waals surface area contributed by atoms with E-state index < -0.39 is 6.89 Å². The van der Waals surface area contributed by atoms with Crippen LogP contribution in [0.15, 0.2) is 115 Å². The molecule has 3 aromatic carbocycles. The monoisotopic (exact) mass is 414 g/mol. The van der Waals surface area contributed by atoms with Gasteiger partial charge in [-0.2, -0.15) is 0 Å². The van der Waals surface area contributed by atoms with Gasteiger partial charge < -0.3 is 4.74 Å². The first kappa shape index (κ1) is 22.1. The van der Waals surface area contributed by atoms with Crippen LogP contribution in [0.3, 0.4) is 0 Å². The average Bonchev–Trinajstić information content (AvgIpc) is 2.78. The van der Waals surface area contributed by atoms with Gasteiger partial charge in [0, 0.05) is 5.98 Å². The van der Waals surface area contributed by atoms with Crippen molar-refractivity contribution >= 4 is 28.8 Å². The second kappa shape index (κ2) is 11.0. The third kappa shape index (κ3) is 5.51. The molecule has 0 fully saturated rings. The molecular weight excluding hydrogens is 383 g/mol. The number of benzene rings is 3. The van der Waals surface area contributed by atoms with Crippen LogP contribution in [0, 0.1) is 0 Å². The number of rotatable bonds is 9. The molecule has 154 valence electrons. The van der Waals surface area contributed by atoms with E-state index in [1.54, 1.807) is 0 Å². The number of ether oxygens (including phenoxy) is 1. The zero-order valence-corrected chi connectivity index (χ0v) is 18.9. The second-order valence-electron chi connectivity index (χ2n) is 7.69. The number of allylic oxidation sites excluding steroid dienone is 2. The molecule has 0 saturated heterocycles. The summed E-state index contributed by atoms with van der Waals surface area (Å²) >= 11 is 0. The molecular formula is C28H31OP. The Morgan fingerprint density at radius 2 is 1.20 bits per heavy atom. The van der Waals surface area contributed by atoms with Crippen molar-refractivity contribution in [2.45, 2.75) is 26.7 Å². The van der Waals surface area contributed by atoms with Crippen molar-refractivity contribution in [3.05, 3.63) is 115 Å². The zero-order chi connectivity index (χ0) is 21.2. The summed E-state index contributed by atoms with van der Waals surface area (Å²) in [7, 11) is 0. The minimum absolute atomic E-state index is 0.602. The lowest BCUT2D eigenvalue weighted by atomic mass is 10.1. The van der Waals surface area contributed by atoms with Gasteiger partial charge >= 0.3 is 0 Å². The fourth-order valence-corrected chi connectivity index (χ4v) is 7.01. The van der Waals surface area contributed by atoms with Gasteiger partial charge in [-0.05, 0) is 49.5 Å². The van der Waals surface area contributed by atoms with Crippen molar-refractivity contribution in [2.24, 2.45) is 0 Å². The molecule has 0 spiro atoms. The normalized spacial score (nSPS) is 11.9. The summed E-state index contributed by atoms with van der Waals surface area (Å²) in [5.74, 6) is 2.13. The molecule has 2 heteroatoms. The first-order valence-electron chi connectivity index (χ1n) is 10.4. The Hall–Kier alpha value is -2.60. The van der Waals surface area contributed by atoms with Crippen LogP contribution in [0.5, 0.6) is 0 Å². The highest BCUT2D eigenvalue weighted by Gasteiger charge is 2.25. The zero-order valence-electron chi connectivity index (χ0n) is 18.0. The summed E-state index contributed by atoms with van der Waals surface area (Å²) in [5, 5.41) is 3.89. The largest absolute Gasteiger partial charge is 0.348 e. The molecule has 0 aliphatic carbocycles. The molecule has 0 saturated carbocycles. The molecule has 0 heterocycles. The van der Waals surface area contributed by atoms with Gasteiger partial charge in [-0.15, -0.1) is 6.58 Å². The first-order chi connectivity index (χ1) is 14.6. The quantitative estimate of drug-likeness (QED) is 0.305. The first-order valence-corrected chi connectivity index (χ1v) is 12.3.